The topological polar surface area (TPSA) is 139 Å². The third-order valence-corrected chi connectivity index (χ3v) is 7.45. The van der Waals surface area contributed by atoms with Gasteiger partial charge in [0.2, 0.25) is 16.0 Å². The number of hydrogen-bond donors (Lipinski definition) is 3. The van der Waals surface area contributed by atoms with E-state index in [2.05, 4.69) is 21.9 Å². The van der Waals surface area contributed by atoms with E-state index in [1.165, 1.54) is 18.6 Å². The molecule has 3 N–H and O–H groups in total. The maximum absolute atomic E-state index is 12.3. The van der Waals surface area contributed by atoms with Crippen LogP contribution in [-0.2, 0) is 14.8 Å². The predicted octanol–water partition coefficient (Wildman–Crippen LogP) is 3.57. The lowest BCUT2D eigenvalue weighted by Gasteiger charge is -2.22. The van der Waals surface area contributed by atoms with Gasteiger partial charge in [0.05, 0.1) is 16.3 Å². The molecule has 0 aliphatic heterocycles. The van der Waals surface area contributed by atoms with Crippen LogP contribution >= 0.6 is 0 Å². The standard InChI is InChI=1S/C23H30N6O4S/c1-2-3-13-24-23-25-14-19-21(28-29(22(19)27-23)17-7-5-4-6-8-17)16-9-11-18(12-10-16)34(32,33)26-15-20(30)31/h9-12,14,17,26H,2-8,13,15H2,1H3,(H,30,31)(H,24,25,27). The summed E-state index contributed by atoms with van der Waals surface area (Å²) in [6.45, 7) is 2.26. The van der Waals surface area contributed by atoms with E-state index in [0.29, 0.717) is 11.6 Å². The number of nitrogens with one attached hydrogen (secondary N) is 2. The van der Waals surface area contributed by atoms with Gasteiger partial charge in [-0.25, -0.2) is 18.1 Å². The van der Waals surface area contributed by atoms with Crippen molar-refractivity contribution in [3.05, 3.63) is 30.5 Å². The minimum atomic E-state index is -3.91. The van der Waals surface area contributed by atoms with Gasteiger partial charge < -0.3 is 10.4 Å². The summed E-state index contributed by atoms with van der Waals surface area (Å²) in [4.78, 5) is 20.0. The summed E-state index contributed by atoms with van der Waals surface area (Å²) >= 11 is 0. The van der Waals surface area contributed by atoms with E-state index in [1.54, 1.807) is 18.3 Å². The largest absolute Gasteiger partial charge is 0.480 e. The number of sulfonamides is 1. The molecular weight excluding hydrogens is 456 g/mol. The lowest BCUT2D eigenvalue weighted by atomic mass is 9.96. The molecule has 0 atom stereocenters. The summed E-state index contributed by atoms with van der Waals surface area (Å²) in [5.74, 6) is -0.668. The molecule has 1 aromatic carbocycles. The van der Waals surface area contributed by atoms with E-state index in [9.17, 15) is 13.2 Å². The molecule has 1 aliphatic rings. The fourth-order valence-corrected chi connectivity index (χ4v) is 5.19. The zero-order chi connectivity index (χ0) is 24.1. The molecule has 0 unspecified atom stereocenters. The number of hydrogen-bond acceptors (Lipinski definition) is 7. The zero-order valence-corrected chi connectivity index (χ0v) is 20.0. The molecule has 0 radical (unpaired) electrons. The van der Waals surface area contributed by atoms with Crippen molar-refractivity contribution in [3.8, 4) is 11.3 Å². The number of nitrogens with zero attached hydrogens (tertiary/aromatic N) is 4. The van der Waals surface area contributed by atoms with Gasteiger partial charge in [-0.1, -0.05) is 44.7 Å². The Morgan fingerprint density at radius 2 is 1.91 bits per heavy atom. The highest BCUT2D eigenvalue weighted by Gasteiger charge is 2.23. The first kappa shape index (κ1) is 24.1. The highest BCUT2D eigenvalue weighted by molar-refractivity contribution is 7.89. The normalized spacial score (nSPS) is 15.0. The van der Waals surface area contributed by atoms with Gasteiger partial charge in [-0.3, -0.25) is 4.79 Å². The average molecular weight is 487 g/mol. The summed E-state index contributed by atoms with van der Waals surface area (Å²) in [7, 11) is -3.91. The first-order chi connectivity index (χ1) is 16.4. The Kier molecular flexibility index (Phi) is 7.42. The van der Waals surface area contributed by atoms with Gasteiger partial charge in [0.1, 0.15) is 12.2 Å². The average Bonchev–Trinajstić information content (AvgIpc) is 3.22. The SMILES string of the molecule is CCCCNc1ncc2c(-c3ccc(S(=O)(=O)NCC(=O)O)cc3)nn(C3CCCCC3)c2n1. The number of rotatable bonds is 10. The van der Waals surface area contributed by atoms with E-state index in [1.807, 2.05) is 4.68 Å². The Balaban J connectivity index is 1.69. The Morgan fingerprint density at radius 3 is 2.59 bits per heavy atom. The molecule has 1 saturated carbocycles. The second-order valence-corrected chi connectivity index (χ2v) is 10.3. The third-order valence-electron chi connectivity index (χ3n) is 6.03. The molecule has 10 nitrogen and oxygen atoms in total. The molecule has 0 spiro atoms. The van der Waals surface area contributed by atoms with Crippen molar-refractivity contribution in [1.82, 2.24) is 24.5 Å². The van der Waals surface area contributed by atoms with Crippen LogP contribution in [0, 0.1) is 0 Å². The van der Waals surface area contributed by atoms with Crippen molar-refractivity contribution in [1.29, 1.82) is 0 Å². The number of aromatic nitrogens is 4. The van der Waals surface area contributed by atoms with Crippen molar-refractivity contribution < 1.29 is 18.3 Å². The van der Waals surface area contributed by atoms with Crippen LogP contribution in [0.1, 0.15) is 57.9 Å². The fraction of sp³-hybridized carbons (Fsp3) is 0.478. The van der Waals surface area contributed by atoms with Crippen LogP contribution in [-0.4, -0.2) is 52.3 Å². The van der Waals surface area contributed by atoms with E-state index < -0.39 is 22.5 Å². The van der Waals surface area contributed by atoms with Crippen molar-refractivity contribution >= 4 is 33.0 Å². The second-order valence-electron chi connectivity index (χ2n) is 8.54. The van der Waals surface area contributed by atoms with Gasteiger partial charge >= 0.3 is 5.97 Å². The molecule has 34 heavy (non-hydrogen) atoms. The van der Waals surface area contributed by atoms with Gasteiger partial charge in [-0.05, 0) is 31.4 Å². The molecule has 11 heteroatoms. The monoisotopic (exact) mass is 486 g/mol. The molecule has 2 aromatic heterocycles. The van der Waals surface area contributed by atoms with Gasteiger partial charge in [-0.15, -0.1) is 0 Å². The van der Waals surface area contributed by atoms with E-state index >= 15 is 0 Å². The zero-order valence-electron chi connectivity index (χ0n) is 19.2. The molecule has 4 rings (SSSR count). The van der Waals surface area contributed by atoms with E-state index in [0.717, 1.165) is 61.7 Å². The Labute approximate surface area is 198 Å². The van der Waals surface area contributed by atoms with Gasteiger partial charge in [-0.2, -0.15) is 14.8 Å². The van der Waals surface area contributed by atoms with Gasteiger partial charge in [0, 0.05) is 18.3 Å². The number of fused-ring (bicyclic) bond motifs is 1. The smallest absolute Gasteiger partial charge is 0.318 e. The predicted molar refractivity (Wildman–Crippen MR) is 129 cm³/mol. The highest BCUT2D eigenvalue weighted by atomic mass is 32.2. The fourth-order valence-electron chi connectivity index (χ4n) is 4.21. The first-order valence-electron chi connectivity index (χ1n) is 11.7. The third kappa shape index (κ3) is 5.36. The van der Waals surface area contributed by atoms with Crippen LogP contribution in [0.4, 0.5) is 5.95 Å². The number of benzene rings is 1. The van der Waals surface area contributed by atoms with Crippen LogP contribution in [0.2, 0.25) is 0 Å². The number of anilines is 1. The van der Waals surface area contributed by atoms with Crippen molar-refractivity contribution in [2.45, 2.75) is 62.8 Å². The summed E-state index contributed by atoms with van der Waals surface area (Å²) in [5.41, 5.74) is 2.21. The molecule has 0 amide bonds. The van der Waals surface area contributed by atoms with Crippen molar-refractivity contribution in [3.63, 3.8) is 0 Å². The molecule has 0 saturated heterocycles. The number of carboxylic acids is 1. The summed E-state index contributed by atoms with van der Waals surface area (Å²) < 4.78 is 28.7. The van der Waals surface area contributed by atoms with Crippen LogP contribution in [0.15, 0.2) is 35.4 Å². The minimum Gasteiger partial charge on any atom is -0.480 e. The molecule has 2 heterocycles. The summed E-state index contributed by atoms with van der Waals surface area (Å²) in [6, 6.07) is 6.52. The Hall–Kier alpha value is -3.05. The molecule has 1 fully saturated rings. The van der Waals surface area contributed by atoms with Gasteiger partial charge in [0.25, 0.3) is 0 Å². The Morgan fingerprint density at radius 1 is 1.18 bits per heavy atom. The number of unbranched alkanes of at least 4 members (excludes halogenated alkanes) is 1. The van der Waals surface area contributed by atoms with Crippen LogP contribution in [0.25, 0.3) is 22.3 Å². The maximum atomic E-state index is 12.3. The highest BCUT2D eigenvalue weighted by Crippen LogP contribution is 2.34. The Bertz CT molecular complexity index is 1250. The van der Waals surface area contributed by atoms with Crippen molar-refractivity contribution in [2.75, 3.05) is 18.4 Å². The quantitative estimate of drug-likeness (QED) is 0.370. The number of carbonyl (C=O) groups is 1. The van der Waals surface area contributed by atoms with Crippen LogP contribution in [0.5, 0.6) is 0 Å². The lowest BCUT2D eigenvalue weighted by molar-refractivity contribution is -0.135. The number of carboxylic acid groups (broad SMARTS) is 1. The summed E-state index contributed by atoms with van der Waals surface area (Å²) in [5, 5.41) is 17.8. The molecule has 3 aromatic rings. The maximum Gasteiger partial charge on any atom is 0.318 e. The van der Waals surface area contributed by atoms with Gasteiger partial charge in [0.15, 0.2) is 5.65 Å². The van der Waals surface area contributed by atoms with Crippen LogP contribution in [0.3, 0.4) is 0 Å². The number of aliphatic carboxylic acids is 1. The van der Waals surface area contributed by atoms with Crippen LogP contribution < -0.4 is 10.0 Å². The second kappa shape index (κ2) is 10.5. The van der Waals surface area contributed by atoms with E-state index in [4.69, 9.17) is 15.2 Å². The first-order valence-corrected chi connectivity index (χ1v) is 13.2. The molecule has 182 valence electrons. The molecule has 1 aliphatic carbocycles. The summed E-state index contributed by atoms with van der Waals surface area (Å²) in [6.07, 6.45) is 9.52. The lowest BCUT2D eigenvalue weighted by Crippen LogP contribution is -2.29. The van der Waals surface area contributed by atoms with Crippen molar-refractivity contribution in [2.24, 2.45) is 0 Å². The molecular formula is C23H30N6O4S. The molecule has 0 bridgehead atoms. The minimum absolute atomic E-state index is 0.00724. The van der Waals surface area contributed by atoms with E-state index in [-0.39, 0.29) is 10.9 Å².